The van der Waals surface area contributed by atoms with E-state index in [1.54, 1.807) is 6.07 Å². The molecule has 0 amide bonds. The Balaban J connectivity index is 2.21. The predicted octanol–water partition coefficient (Wildman–Crippen LogP) is 1.94. The van der Waals surface area contributed by atoms with Gasteiger partial charge in [0, 0.05) is 25.8 Å². The fourth-order valence-corrected chi connectivity index (χ4v) is 1.35. The molecular weight excluding hydrogens is 228 g/mol. The van der Waals surface area contributed by atoms with Crippen molar-refractivity contribution in [1.82, 2.24) is 9.97 Å². The van der Waals surface area contributed by atoms with Gasteiger partial charge in [-0.1, -0.05) is 18.5 Å². The van der Waals surface area contributed by atoms with Crippen LogP contribution in [0, 0.1) is 0 Å². The van der Waals surface area contributed by atoms with Gasteiger partial charge in [0.05, 0.1) is 0 Å². The standard InChI is InChI=1S/C10H17ClN4O/c1-2-5-16-6-3-4-13-9-7-8(11)14-10(12)15-9/h7H,2-6H2,1H3,(H3,12,13,14,15). The van der Waals surface area contributed by atoms with Crippen molar-refractivity contribution in [1.29, 1.82) is 0 Å². The van der Waals surface area contributed by atoms with Gasteiger partial charge in [0.1, 0.15) is 11.0 Å². The minimum absolute atomic E-state index is 0.178. The Morgan fingerprint density at radius 3 is 2.94 bits per heavy atom. The van der Waals surface area contributed by atoms with Crippen LogP contribution >= 0.6 is 11.6 Å². The summed E-state index contributed by atoms with van der Waals surface area (Å²) in [4.78, 5) is 7.77. The number of hydrogen-bond acceptors (Lipinski definition) is 5. The minimum atomic E-state index is 0.178. The van der Waals surface area contributed by atoms with E-state index >= 15 is 0 Å². The SMILES string of the molecule is CCCOCCCNc1cc(Cl)nc(N)n1. The highest BCUT2D eigenvalue weighted by Crippen LogP contribution is 2.12. The van der Waals surface area contributed by atoms with Gasteiger partial charge in [-0.3, -0.25) is 0 Å². The van der Waals surface area contributed by atoms with Crippen LogP contribution in [0.5, 0.6) is 0 Å². The predicted molar refractivity (Wildman–Crippen MR) is 65.7 cm³/mol. The Labute approximate surface area is 100 Å². The van der Waals surface area contributed by atoms with Gasteiger partial charge in [-0.15, -0.1) is 0 Å². The summed E-state index contributed by atoms with van der Waals surface area (Å²) in [6.07, 6.45) is 1.97. The number of rotatable bonds is 7. The van der Waals surface area contributed by atoms with E-state index in [1.807, 2.05) is 0 Å². The summed E-state index contributed by atoms with van der Waals surface area (Å²) >= 11 is 5.74. The summed E-state index contributed by atoms with van der Waals surface area (Å²) in [6, 6.07) is 1.64. The quantitative estimate of drug-likeness (QED) is 0.567. The summed E-state index contributed by atoms with van der Waals surface area (Å²) in [7, 11) is 0. The number of nitrogens with zero attached hydrogens (tertiary/aromatic N) is 2. The first-order valence-electron chi connectivity index (χ1n) is 5.34. The number of halogens is 1. The van der Waals surface area contributed by atoms with Crippen LogP contribution < -0.4 is 11.1 Å². The number of hydrogen-bond donors (Lipinski definition) is 2. The second kappa shape index (κ2) is 7.24. The van der Waals surface area contributed by atoms with E-state index in [2.05, 4.69) is 22.2 Å². The van der Waals surface area contributed by atoms with Crippen molar-refractivity contribution in [3.05, 3.63) is 11.2 Å². The normalized spacial score (nSPS) is 10.4. The first-order chi connectivity index (χ1) is 7.72. The second-order valence-electron chi connectivity index (χ2n) is 3.33. The smallest absolute Gasteiger partial charge is 0.223 e. The molecule has 0 fully saturated rings. The maximum atomic E-state index is 5.74. The first-order valence-corrected chi connectivity index (χ1v) is 5.72. The number of nitrogen functional groups attached to an aromatic ring is 1. The van der Waals surface area contributed by atoms with Gasteiger partial charge in [0.15, 0.2) is 0 Å². The maximum absolute atomic E-state index is 5.74. The van der Waals surface area contributed by atoms with E-state index in [-0.39, 0.29) is 5.95 Å². The molecule has 0 bridgehead atoms. The minimum Gasteiger partial charge on any atom is -0.381 e. The lowest BCUT2D eigenvalue weighted by Gasteiger charge is -2.06. The van der Waals surface area contributed by atoms with E-state index in [0.29, 0.717) is 11.0 Å². The zero-order valence-corrected chi connectivity index (χ0v) is 10.1. The summed E-state index contributed by atoms with van der Waals surface area (Å²) in [5.74, 6) is 0.824. The van der Waals surface area contributed by atoms with Crippen molar-refractivity contribution in [2.45, 2.75) is 19.8 Å². The molecule has 0 spiro atoms. The Hall–Kier alpha value is -1.07. The lowest BCUT2D eigenvalue weighted by Crippen LogP contribution is -2.08. The third-order valence-corrected chi connectivity index (χ3v) is 2.03. The highest BCUT2D eigenvalue weighted by molar-refractivity contribution is 6.29. The highest BCUT2D eigenvalue weighted by Gasteiger charge is 1.99. The Bertz CT molecular complexity index is 301. The van der Waals surface area contributed by atoms with Crippen LogP contribution in [-0.4, -0.2) is 29.7 Å². The van der Waals surface area contributed by atoms with Crippen LogP contribution in [0.25, 0.3) is 0 Å². The molecule has 0 aliphatic rings. The van der Waals surface area contributed by atoms with Crippen LogP contribution in [0.4, 0.5) is 11.8 Å². The average Bonchev–Trinajstić information content (AvgIpc) is 2.22. The zero-order valence-electron chi connectivity index (χ0n) is 9.37. The van der Waals surface area contributed by atoms with Crippen LogP contribution in [0.1, 0.15) is 19.8 Å². The molecule has 90 valence electrons. The van der Waals surface area contributed by atoms with E-state index in [4.69, 9.17) is 22.1 Å². The van der Waals surface area contributed by atoms with E-state index in [9.17, 15) is 0 Å². The molecule has 1 heterocycles. The van der Waals surface area contributed by atoms with Gasteiger partial charge >= 0.3 is 0 Å². The van der Waals surface area contributed by atoms with Gasteiger partial charge in [-0.05, 0) is 12.8 Å². The van der Waals surface area contributed by atoms with Gasteiger partial charge in [-0.25, -0.2) is 4.98 Å². The number of nitrogens with one attached hydrogen (secondary N) is 1. The molecule has 0 aromatic carbocycles. The van der Waals surface area contributed by atoms with Crippen molar-refractivity contribution in [3.8, 4) is 0 Å². The first kappa shape index (κ1) is 13.0. The Morgan fingerprint density at radius 2 is 2.25 bits per heavy atom. The van der Waals surface area contributed by atoms with Crippen molar-refractivity contribution in [2.24, 2.45) is 0 Å². The van der Waals surface area contributed by atoms with Crippen molar-refractivity contribution < 1.29 is 4.74 Å². The highest BCUT2D eigenvalue weighted by atomic mass is 35.5. The zero-order chi connectivity index (χ0) is 11.8. The molecule has 1 rings (SSSR count). The van der Waals surface area contributed by atoms with Crippen LogP contribution in [-0.2, 0) is 4.74 Å². The van der Waals surface area contributed by atoms with Crippen molar-refractivity contribution in [2.75, 3.05) is 30.8 Å². The lowest BCUT2D eigenvalue weighted by molar-refractivity contribution is 0.134. The molecule has 1 aromatic heterocycles. The summed E-state index contributed by atoms with van der Waals surface area (Å²) in [5, 5.41) is 3.45. The summed E-state index contributed by atoms with van der Waals surface area (Å²) in [5.41, 5.74) is 5.46. The van der Waals surface area contributed by atoms with Crippen molar-refractivity contribution in [3.63, 3.8) is 0 Å². The Morgan fingerprint density at radius 1 is 1.44 bits per heavy atom. The summed E-state index contributed by atoms with van der Waals surface area (Å²) in [6.45, 7) is 4.42. The monoisotopic (exact) mass is 244 g/mol. The molecule has 0 saturated heterocycles. The van der Waals surface area contributed by atoms with E-state index in [1.165, 1.54) is 0 Å². The van der Waals surface area contributed by atoms with Gasteiger partial charge in [0.2, 0.25) is 5.95 Å². The molecule has 0 unspecified atom stereocenters. The molecular formula is C10H17ClN4O. The van der Waals surface area contributed by atoms with Crippen LogP contribution in [0.3, 0.4) is 0 Å². The lowest BCUT2D eigenvalue weighted by atomic mass is 10.4. The van der Waals surface area contributed by atoms with Crippen LogP contribution in [0.2, 0.25) is 5.15 Å². The fourth-order valence-electron chi connectivity index (χ4n) is 1.16. The second-order valence-corrected chi connectivity index (χ2v) is 3.71. The Kier molecular flexibility index (Phi) is 5.88. The molecule has 5 nitrogen and oxygen atoms in total. The fraction of sp³-hybridized carbons (Fsp3) is 0.600. The van der Waals surface area contributed by atoms with E-state index < -0.39 is 0 Å². The topological polar surface area (TPSA) is 73.1 Å². The van der Waals surface area contributed by atoms with Gasteiger partial charge < -0.3 is 15.8 Å². The molecule has 3 N–H and O–H groups in total. The number of nitrogens with two attached hydrogens (primary N) is 1. The largest absolute Gasteiger partial charge is 0.381 e. The van der Waals surface area contributed by atoms with E-state index in [0.717, 1.165) is 32.6 Å². The number of aromatic nitrogens is 2. The van der Waals surface area contributed by atoms with Crippen molar-refractivity contribution >= 4 is 23.4 Å². The molecule has 0 aliphatic heterocycles. The average molecular weight is 245 g/mol. The maximum Gasteiger partial charge on any atom is 0.223 e. The molecule has 0 atom stereocenters. The van der Waals surface area contributed by atoms with Gasteiger partial charge in [0.25, 0.3) is 0 Å². The third kappa shape index (κ3) is 5.14. The molecule has 6 heteroatoms. The molecule has 0 saturated carbocycles. The third-order valence-electron chi connectivity index (χ3n) is 1.83. The molecule has 0 radical (unpaired) electrons. The molecule has 16 heavy (non-hydrogen) atoms. The summed E-state index contributed by atoms with van der Waals surface area (Å²) < 4.78 is 5.34. The molecule has 0 aliphatic carbocycles. The van der Waals surface area contributed by atoms with Gasteiger partial charge in [-0.2, -0.15) is 4.98 Å². The molecule has 1 aromatic rings. The number of ether oxygens (including phenoxy) is 1. The van der Waals surface area contributed by atoms with Crippen LogP contribution in [0.15, 0.2) is 6.07 Å². The number of anilines is 2.